The van der Waals surface area contributed by atoms with E-state index in [4.69, 9.17) is 4.74 Å². The predicted octanol–water partition coefficient (Wildman–Crippen LogP) is 4.48. The molecule has 0 atom stereocenters. The maximum atomic E-state index is 12.4. The fraction of sp³-hybridized carbons (Fsp3) is 0.950. The summed E-state index contributed by atoms with van der Waals surface area (Å²) in [6.07, 6.45) is 13.4. The third-order valence-electron chi connectivity index (χ3n) is 6.11. The number of nitrogens with one attached hydrogen (secondary N) is 1. The predicted molar refractivity (Wildman–Crippen MR) is 97.1 cm³/mol. The van der Waals surface area contributed by atoms with Crippen LogP contribution in [0.2, 0.25) is 0 Å². The van der Waals surface area contributed by atoms with Gasteiger partial charge in [0, 0.05) is 25.2 Å². The van der Waals surface area contributed by atoms with E-state index in [0.717, 1.165) is 25.9 Å². The molecule has 1 N–H and O–H groups in total. The van der Waals surface area contributed by atoms with E-state index in [1.165, 1.54) is 51.4 Å². The summed E-state index contributed by atoms with van der Waals surface area (Å²) in [5.74, 6) is 0. The Labute approximate surface area is 147 Å². The first-order valence-electron chi connectivity index (χ1n) is 10.1. The van der Waals surface area contributed by atoms with Gasteiger partial charge < -0.3 is 15.0 Å². The molecule has 3 rings (SSSR count). The van der Waals surface area contributed by atoms with Crippen molar-refractivity contribution in [2.45, 2.75) is 103 Å². The van der Waals surface area contributed by atoms with Crippen LogP contribution in [0, 0.1) is 5.41 Å². The molecular formula is C20H36N2O2. The largest absolute Gasteiger partial charge is 0.444 e. The minimum atomic E-state index is -0.406. The number of nitrogens with zero attached hydrogens (tertiary/aromatic N) is 1. The molecule has 0 aromatic carbocycles. The molecule has 1 amide bonds. The van der Waals surface area contributed by atoms with Gasteiger partial charge in [0.2, 0.25) is 0 Å². The van der Waals surface area contributed by atoms with E-state index in [-0.39, 0.29) is 6.09 Å². The summed E-state index contributed by atoms with van der Waals surface area (Å²) in [5, 5.41) is 3.71. The van der Waals surface area contributed by atoms with Gasteiger partial charge in [-0.2, -0.15) is 0 Å². The van der Waals surface area contributed by atoms with Gasteiger partial charge in [-0.1, -0.05) is 12.8 Å². The molecule has 0 aromatic heterocycles. The Kier molecular flexibility index (Phi) is 5.43. The zero-order valence-corrected chi connectivity index (χ0v) is 15.9. The summed E-state index contributed by atoms with van der Waals surface area (Å²) >= 11 is 0. The van der Waals surface area contributed by atoms with Crippen LogP contribution in [0.5, 0.6) is 0 Å². The molecule has 24 heavy (non-hydrogen) atoms. The van der Waals surface area contributed by atoms with Crippen LogP contribution in [0.15, 0.2) is 0 Å². The van der Waals surface area contributed by atoms with Gasteiger partial charge in [0.25, 0.3) is 0 Å². The lowest BCUT2D eigenvalue weighted by atomic mass is 9.71. The first-order chi connectivity index (χ1) is 11.4. The number of rotatable bonds is 5. The van der Waals surface area contributed by atoms with Gasteiger partial charge in [-0.3, -0.25) is 0 Å². The molecule has 138 valence electrons. The number of carbonyl (C=O) groups excluding carboxylic acids is 1. The average Bonchev–Trinajstić information content (AvgIpc) is 3.24. The standard InChI is InChI=1S/C20H36N2O2/c1-19(2,3)24-18(23)22(17-6-7-17)15-14-21-16-8-12-20(13-9-16)10-4-5-11-20/h16-17,21H,4-15H2,1-3H3. The molecular weight excluding hydrogens is 300 g/mol. The summed E-state index contributed by atoms with van der Waals surface area (Å²) in [7, 11) is 0. The van der Waals surface area contributed by atoms with Gasteiger partial charge in [0.05, 0.1) is 0 Å². The van der Waals surface area contributed by atoms with Crippen molar-refractivity contribution in [3.63, 3.8) is 0 Å². The molecule has 0 radical (unpaired) electrons. The van der Waals surface area contributed by atoms with Crippen LogP contribution in [0.4, 0.5) is 4.79 Å². The van der Waals surface area contributed by atoms with Gasteiger partial charge >= 0.3 is 6.09 Å². The summed E-state index contributed by atoms with van der Waals surface area (Å²) in [4.78, 5) is 14.3. The van der Waals surface area contributed by atoms with Crippen LogP contribution >= 0.6 is 0 Å². The van der Waals surface area contributed by atoms with Crippen molar-refractivity contribution in [1.82, 2.24) is 10.2 Å². The molecule has 3 aliphatic rings. The normalized spacial score (nSPS) is 24.3. The number of ether oxygens (including phenoxy) is 1. The second-order valence-electron chi connectivity index (χ2n) is 9.34. The Bertz CT molecular complexity index is 423. The molecule has 0 bridgehead atoms. The average molecular weight is 337 g/mol. The molecule has 0 heterocycles. The second-order valence-corrected chi connectivity index (χ2v) is 9.34. The molecule has 0 saturated heterocycles. The monoisotopic (exact) mass is 336 g/mol. The third-order valence-corrected chi connectivity index (χ3v) is 6.11. The van der Waals surface area contributed by atoms with Crippen LogP contribution < -0.4 is 5.32 Å². The first-order valence-corrected chi connectivity index (χ1v) is 10.1. The summed E-state index contributed by atoms with van der Waals surface area (Å²) in [6.45, 7) is 7.49. The second kappa shape index (κ2) is 7.23. The van der Waals surface area contributed by atoms with Crippen molar-refractivity contribution in [2.75, 3.05) is 13.1 Å². The Morgan fingerprint density at radius 2 is 1.71 bits per heavy atom. The summed E-state index contributed by atoms with van der Waals surface area (Å²) < 4.78 is 5.57. The number of hydrogen-bond donors (Lipinski definition) is 1. The van der Waals surface area contributed by atoms with Crippen LogP contribution in [0.25, 0.3) is 0 Å². The topological polar surface area (TPSA) is 41.6 Å². The Morgan fingerprint density at radius 1 is 1.08 bits per heavy atom. The van der Waals surface area contributed by atoms with Crippen molar-refractivity contribution in [2.24, 2.45) is 5.41 Å². The van der Waals surface area contributed by atoms with E-state index in [0.29, 0.717) is 17.5 Å². The summed E-state index contributed by atoms with van der Waals surface area (Å²) in [5.41, 5.74) is 0.297. The Morgan fingerprint density at radius 3 is 2.25 bits per heavy atom. The Balaban J connectivity index is 1.39. The highest BCUT2D eigenvalue weighted by Crippen LogP contribution is 2.48. The maximum Gasteiger partial charge on any atom is 0.410 e. The van der Waals surface area contributed by atoms with Crippen molar-refractivity contribution >= 4 is 6.09 Å². The third kappa shape index (κ3) is 4.87. The fourth-order valence-corrected chi connectivity index (χ4v) is 4.58. The molecule has 4 heteroatoms. The van der Waals surface area contributed by atoms with Gasteiger partial charge in [-0.15, -0.1) is 0 Å². The lowest BCUT2D eigenvalue weighted by Crippen LogP contribution is -2.44. The van der Waals surface area contributed by atoms with Crippen molar-refractivity contribution in [1.29, 1.82) is 0 Å². The lowest BCUT2D eigenvalue weighted by molar-refractivity contribution is 0.0233. The molecule has 0 unspecified atom stereocenters. The molecule has 3 saturated carbocycles. The molecule has 3 fully saturated rings. The molecule has 3 aliphatic carbocycles. The number of carbonyl (C=O) groups is 1. The van der Waals surface area contributed by atoms with Crippen LogP contribution in [-0.4, -0.2) is 41.8 Å². The number of hydrogen-bond acceptors (Lipinski definition) is 3. The SMILES string of the molecule is CC(C)(C)OC(=O)N(CCNC1CCC2(CCCC2)CC1)C1CC1. The quantitative estimate of drug-likeness (QED) is 0.805. The molecule has 0 aromatic rings. The van der Waals surface area contributed by atoms with E-state index in [1.807, 2.05) is 25.7 Å². The van der Waals surface area contributed by atoms with E-state index < -0.39 is 5.60 Å². The minimum Gasteiger partial charge on any atom is -0.444 e. The van der Waals surface area contributed by atoms with E-state index in [2.05, 4.69) is 5.32 Å². The van der Waals surface area contributed by atoms with Gasteiger partial charge in [0.1, 0.15) is 5.60 Å². The molecule has 0 aliphatic heterocycles. The minimum absolute atomic E-state index is 0.139. The van der Waals surface area contributed by atoms with Crippen molar-refractivity contribution in [3.8, 4) is 0 Å². The summed E-state index contributed by atoms with van der Waals surface area (Å²) in [6, 6.07) is 1.06. The fourth-order valence-electron chi connectivity index (χ4n) is 4.58. The highest BCUT2D eigenvalue weighted by molar-refractivity contribution is 5.69. The lowest BCUT2D eigenvalue weighted by Gasteiger charge is -2.38. The van der Waals surface area contributed by atoms with Crippen LogP contribution in [-0.2, 0) is 4.74 Å². The van der Waals surface area contributed by atoms with Gasteiger partial charge in [-0.05, 0) is 77.6 Å². The van der Waals surface area contributed by atoms with Gasteiger partial charge in [-0.25, -0.2) is 4.79 Å². The highest BCUT2D eigenvalue weighted by atomic mass is 16.6. The van der Waals surface area contributed by atoms with Crippen molar-refractivity contribution < 1.29 is 9.53 Å². The smallest absolute Gasteiger partial charge is 0.410 e. The maximum absolute atomic E-state index is 12.4. The highest BCUT2D eigenvalue weighted by Gasteiger charge is 2.38. The van der Waals surface area contributed by atoms with E-state index in [1.54, 1.807) is 0 Å². The van der Waals surface area contributed by atoms with E-state index >= 15 is 0 Å². The Hall–Kier alpha value is -0.770. The molecule has 4 nitrogen and oxygen atoms in total. The van der Waals surface area contributed by atoms with Gasteiger partial charge in [0.15, 0.2) is 0 Å². The zero-order chi connectivity index (χ0) is 17.2. The zero-order valence-electron chi connectivity index (χ0n) is 15.9. The van der Waals surface area contributed by atoms with Crippen LogP contribution in [0.1, 0.15) is 85.0 Å². The van der Waals surface area contributed by atoms with E-state index in [9.17, 15) is 4.79 Å². The van der Waals surface area contributed by atoms with Crippen LogP contribution in [0.3, 0.4) is 0 Å². The van der Waals surface area contributed by atoms with Crippen molar-refractivity contribution in [3.05, 3.63) is 0 Å². The first kappa shape index (κ1) is 18.0. The number of amides is 1. The molecule has 1 spiro atoms.